The van der Waals surface area contributed by atoms with E-state index in [0.29, 0.717) is 22.8 Å². The Balaban J connectivity index is 1.45. The Morgan fingerprint density at radius 2 is 1.84 bits per heavy atom. The number of methoxy groups -OCH3 is 1. The van der Waals surface area contributed by atoms with Crippen LogP contribution in [0.25, 0.3) is 10.9 Å². The maximum atomic E-state index is 13.9. The highest BCUT2D eigenvalue weighted by Crippen LogP contribution is 2.47. The summed E-state index contributed by atoms with van der Waals surface area (Å²) >= 11 is 0. The highest BCUT2D eigenvalue weighted by molar-refractivity contribution is 6.11. The van der Waals surface area contributed by atoms with Crippen LogP contribution >= 0.6 is 0 Å². The van der Waals surface area contributed by atoms with E-state index in [0.717, 1.165) is 39.0 Å². The van der Waals surface area contributed by atoms with Gasteiger partial charge in [-0.05, 0) is 73.5 Å². The molecule has 3 heterocycles. The molecule has 0 radical (unpaired) electrons. The number of benzene rings is 3. The quantitative estimate of drug-likeness (QED) is 0.280. The number of nitrogens with zero attached hydrogens (tertiary/aromatic N) is 2. The lowest BCUT2D eigenvalue weighted by atomic mass is 9.83. The molecule has 220 valence electrons. The fourth-order valence-corrected chi connectivity index (χ4v) is 6.10. The van der Waals surface area contributed by atoms with E-state index >= 15 is 0 Å². The maximum Gasteiger partial charge on any atom is 0.259 e. The van der Waals surface area contributed by atoms with Gasteiger partial charge < -0.3 is 24.7 Å². The van der Waals surface area contributed by atoms with Crippen molar-refractivity contribution in [2.24, 2.45) is 0 Å². The van der Waals surface area contributed by atoms with Gasteiger partial charge in [-0.15, -0.1) is 0 Å². The standard InChI is InChI=1S/C34H34N4O5/c1-19(2)37-16-26-31(33-28(17-38(21(4)40)34(33)41)36-27-7-6-8-29(37)32(26)27)22-9-14-30(42-5)23(15-22)18-43-25-12-10-24(11-13-25)35-20(3)39/h6-16,19,31,36H,17-18H2,1-5H3,(H,35,39)/t31-/m1/s1. The van der Waals surface area contributed by atoms with Crippen molar-refractivity contribution < 1.29 is 23.9 Å². The Morgan fingerprint density at radius 3 is 2.51 bits per heavy atom. The predicted molar refractivity (Wildman–Crippen MR) is 165 cm³/mol. The number of hydrogen-bond donors (Lipinski definition) is 2. The fraction of sp³-hybridized carbons (Fsp3) is 0.265. The third-order valence-electron chi connectivity index (χ3n) is 8.03. The molecule has 9 nitrogen and oxygen atoms in total. The molecule has 0 unspecified atom stereocenters. The third-order valence-corrected chi connectivity index (χ3v) is 8.03. The average molecular weight is 579 g/mol. The second kappa shape index (κ2) is 11.0. The van der Waals surface area contributed by atoms with Gasteiger partial charge >= 0.3 is 0 Å². The Labute approximate surface area is 250 Å². The molecule has 0 aliphatic carbocycles. The fourth-order valence-electron chi connectivity index (χ4n) is 6.10. The van der Waals surface area contributed by atoms with Crippen LogP contribution in [0.2, 0.25) is 0 Å². The van der Waals surface area contributed by atoms with E-state index < -0.39 is 5.92 Å². The smallest absolute Gasteiger partial charge is 0.259 e. The Kier molecular flexibility index (Phi) is 7.17. The van der Waals surface area contributed by atoms with E-state index in [-0.39, 0.29) is 36.9 Å². The minimum atomic E-state index is -0.424. The summed E-state index contributed by atoms with van der Waals surface area (Å²) < 4.78 is 14.1. The van der Waals surface area contributed by atoms with Crippen molar-refractivity contribution in [3.8, 4) is 11.5 Å². The number of anilines is 2. The van der Waals surface area contributed by atoms with Crippen LogP contribution < -0.4 is 20.1 Å². The maximum absolute atomic E-state index is 13.9. The summed E-state index contributed by atoms with van der Waals surface area (Å²) in [5.41, 5.74) is 6.70. The van der Waals surface area contributed by atoms with E-state index in [1.54, 1.807) is 31.4 Å². The van der Waals surface area contributed by atoms with Crippen molar-refractivity contribution in [1.82, 2.24) is 9.47 Å². The molecule has 1 atom stereocenters. The Hall–Kier alpha value is -5.05. The van der Waals surface area contributed by atoms with Gasteiger partial charge in [-0.1, -0.05) is 12.1 Å². The number of nitrogens with one attached hydrogen (secondary N) is 2. The van der Waals surface area contributed by atoms with Gasteiger partial charge in [-0.2, -0.15) is 0 Å². The summed E-state index contributed by atoms with van der Waals surface area (Å²) in [6.07, 6.45) is 2.14. The minimum absolute atomic E-state index is 0.141. The number of hydrogen-bond acceptors (Lipinski definition) is 6. The number of imide groups is 1. The van der Waals surface area contributed by atoms with Gasteiger partial charge in [0.25, 0.3) is 5.91 Å². The van der Waals surface area contributed by atoms with E-state index in [1.165, 1.54) is 18.7 Å². The first-order chi connectivity index (χ1) is 20.7. The summed E-state index contributed by atoms with van der Waals surface area (Å²) in [5.74, 6) is 0.160. The van der Waals surface area contributed by atoms with Gasteiger partial charge in [0, 0.05) is 60.0 Å². The number of amides is 3. The molecule has 3 aromatic carbocycles. The molecule has 3 amide bonds. The van der Waals surface area contributed by atoms with E-state index in [1.807, 2.05) is 30.3 Å². The molecular weight excluding hydrogens is 544 g/mol. The van der Waals surface area contributed by atoms with Crippen LogP contribution in [0.3, 0.4) is 0 Å². The number of rotatable bonds is 7. The van der Waals surface area contributed by atoms with Crippen LogP contribution in [0.4, 0.5) is 11.4 Å². The molecular formula is C34H34N4O5. The van der Waals surface area contributed by atoms with Crippen molar-refractivity contribution in [2.75, 3.05) is 24.3 Å². The molecule has 4 aromatic rings. The normalized spacial score (nSPS) is 15.8. The zero-order chi connectivity index (χ0) is 30.4. The average Bonchev–Trinajstić information content (AvgIpc) is 3.47. The van der Waals surface area contributed by atoms with Crippen LogP contribution in [0.5, 0.6) is 11.5 Å². The monoisotopic (exact) mass is 578 g/mol. The number of carbonyl (C=O) groups excluding carboxylic acids is 3. The highest BCUT2D eigenvalue weighted by atomic mass is 16.5. The van der Waals surface area contributed by atoms with E-state index in [2.05, 4.69) is 41.3 Å². The Bertz CT molecular complexity index is 1800. The third kappa shape index (κ3) is 5.01. The SMILES string of the molecule is COc1ccc([C@H]2C3=C(CN(C(C)=O)C3=O)Nc3cccc4c3c2cn4C(C)C)cc1COc1ccc(NC(C)=O)cc1. The van der Waals surface area contributed by atoms with Crippen LogP contribution in [-0.4, -0.2) is 40.8 Å². The van der Waals surface area contributed by atoms with Crippen molar-refractivity contribution >= 4 is 40.0 Å². The van der Waals surface area contributed by atoms with Crippen LogP contribution in [0, 0.1) is 0 Å². The molecule has 0 saturated heterocycles. The summed E-state index contributed by atoms with van der Waals surface area (Å²) in [6.45, 7) is 7.58. The van der Waals surface area contributed by atoms with Crippen LogP contribution in [0.1, 0.15) is 56.3 Å². The molecule has 2 N–H and O–H groups in total. The molecule has 0 bridgehead atoms. The lowest BCUT2D eigenvalue weighted by molar-refractivity contribution is -0.139. The van der Waals surface area contributed by atoms with Gasteiger partial charge in [0.1, 0.15) is 18.1 Å². The summed E-state index contributed by atoms with van der Waals surface area (Å²) in [6, 6.07) is 19.4. The lowest BCUT2D eigenvalue weighted by Crippen LogP contribution is -2.33. The molecule has 6 rings (SSSR count). The predicted octanol–water partition coefficient (Wildman–Crippen LogP) is 5.97. The first-order valence-electron chi connectivity index (χ1n) is 14.3. The van der Waals surface area contributed by atoms with E-state index in [4.69, 9.17) is 9.47 Å². The van der Waals surface area contributed by atoms with Crippen molar-refractivity contribution in [3.63, 3.8) is 0 Å². The zero-order valence-electron chi connectivity index (χ0n) is 24.9. The van der Waals surface area contributed by atoms with Gasteiger partial charge in [0.15, 0.2) is 0 Å². The number of ether oxygens (including phenoxy) is 2. The minimum Gasteiger partial charge on any atom is -0.496 e. The zero-order valence-corrected chi connectivity index (χ0v) is 24.9. The number of carbonyl (C=O) groups is 3. The molecule has 1 aromatic heterocycles. The second-order valence-corrected chi connectivity index (χ2v) is 11.2. The van der Waals surface area contributed by atoms with Crippen molar-refractivity contribution in [2.45, 2.75) is 46.3 Å². The topological polar surface area (TPSA) is 102 Å². The first-order valence-corrected chi connectivity index (χ1v) is 14.3. The van der Waals surface area contributed by atoms with Crippen LogP contribution in [-0.2, 0) is 21.0 Å². The molecule has 2 aliphatic rings. The molecule has 0 spiro atoms. The van der Waals surface area contributed by atoms with Crippen molar-refractivity contribution in [3.05, 3.63) is 94.8 Å². The lowest BCUT2D eigenvalue weighted by Gasteiger charge is -2.21. The molecule has 9 heteroatoms. The first kappa shape index (κ1) is 28.1. The Morgan fingerprint density at radius 1 is 1.07 bits per heavy atom. The van der Waals surface area contributed by atoms with Gasteiger partial charge in [-0.3, -0.25) is 19.3 Å². The van der Waals surface area contributed by atoms with E-state index in [9.17, 15) is 14.4 Å². The summed E-state index contributed by atoms with van der Waals surface area (Å²) in [7, 11) is 1.62. The largest absolute Gasteiger partial charge is 0.496 e. The van der Waals surface area contributed by atoms with Crippen molar-refractivity contribution in [1.29, 1.82) is 0 Å². The highest BCUT2D eigenvalue weighted by Gasteiger charge is 2.42. The summed E-state index contributed by atoms with van der Waals surface area (Å²) in [4.78, 5) is 39.0. The van der Waals surface area contributed by atoms with Crippen LogP contribution in [0.15, 0.2) is 78.1 Å². The van der Waals surface area contributed by atoms with Gasteiger partial charge in [0.2, 0.25) is 11.8 Å². The molecule has 0 fully saturated rings. The molecule has 2 aliphatic heterocycles. The van der Waals surface area contributed by atoms with Gasteiger partial charge in [0.05, 0.1) is 24.7 Å². The van der Waals surface area contributed by atoms with Gasteiger partial charge in [-0.25, -0.2) is 0 Å². The molecule has 0 saturated carbocycles. The number of aromatic nitrogens is 1. The summed E-state index contributed by atoms with van der Waals surface area (Å²) in [5, 5.41) is 7.34. The molecule has 43 heavy (non-hydrogen) atoms. The second-order valence-electron chi connectivity index (χ2n) is 11.2.